The summed E-state index contributed by atoms with van der Waals surface area (Å²) in [5.74, 6) is 0.462. The molecular weight excluding hydrogens is 195 g/mol. The Morgan fingerprint density at radius 3 is 2.83 bits per heavy atom. The fourth-order valence-corrected chi connectivity index (χ4v) is 0.967. The number of hydrogen-bond donors (Lipinski definition) is 1. The number of nitrogens with two attached hydrogens (primary N) is 1. The summed E-state index contributed by atoms with van der Waals surface area (Å²) in [4.78, 5) is 4.01. The van der Waals surface area contributed by atoms with Gasteiger partial charge in [-0.25, -0.2) is 4.98 Å². The molecule has 64 valence electrons. The Morgan fingerprint density at radius 2 is 2.25 bits per heavy atom. The molecule has 1 rings (SSSR count). The van der Waals surface area contributed by atoms with Gasteiger partial charge in [0.25, 0.3) is 0 Å². The van der Waals surface area contributed by atoms with Gasteiger partial charge >= 0.3 is 0 Å². The van der Waals surface area contributed by atoms with Gasteiger partial charge in [-0.15, -0.1) is 11.6 Å². The summed E-state index contributed by atoms with van der Waals surface area (Å²) >= 11 is 11.1. The van der Waals surface area contributed by atoms with Crippen LogP contribution in [-0.2, 0) is 0 Å². The molecule has 2 N–H and O–H groups in total. The fraction of sp³-hybridized carbons (Fsp3) is 0.125. The minimum atomic E-state index is 0.326. The molecule has 0 aliphatic heterocycles. The molecule has 1 aromatic rings. The first-order valence-corrected chi connectivity index (χ1v) is 4.30. The van der Waals surface area contributed by atoms with Crippen LogP contribution < -0.4 is 5.73 Å². The monoisotopic (exact) mass is 202 g/mol. The van der Waals surface area contributed by atoms with Crippen LogP contribution >= 0.6 is 23.2 Å². The zero-order valence-corrected chi connectivity index (χ0v) is 7.81. The Labute approximate surface area is 81.0 Å². The first-order valence-electron chi connectivity index (χ1n) is 3.38. The lowest BCUT2D eigenvalue weighted by atomic mass is 10.3. The van der Waals surface area contributed by atoms with Gasteiger partial charge in [0, 0.05) is 5.88 Å². The molecule has 4 heteroatoms. The maximum Gasteiger partial charge on any atom is 0.152 e. The molecule has 0 radical (unpaired) electrons. The number of halogens is 2. The third-order valence-electron chi connectivity index (χ3n) is 1.28. The molecule has 0 saturated heterocycles. The number of hydrogen-bond acceptors (Lipinski definition) is 2. The zero-order chi connectivity index (χ0) is 8.97. The molecule has 0 amide bonds. The Kier molecular flexibility index (Phi) is 3.38. The molecule has 12 heavy (non-hydrogen) atoms. The van der Waals surface area contributed by atoms with Gasteiger partial charge in [0.05, 0.1) is 11.4 Å². The summed E-state index contributed by atoms with van der Waals surface area (Å²) in [7, 11) is 0. The van der Waals surface area contributed by atoms with E-state index in [9.17, 15) is 0 Å². The highest BCUT2D eigenvalue weighted by Gasteiger charge is 1.96. The van der Waals surface area contributed by atoms with Crippen molar-refractivity contribution in [3.8, 4) is 0 Å². The summed E-state index contributed by atoms with van der Waals surface area (Å²) in [6, 6.07) is 3.49. The van der Waals surface area contributed by atoms with Crippen molar-refractivity contribution >= 4 is 35.0 Å². The second-order valence-electron chi connectivity index (χ2n) is 2.17. The van der Waals surface area contributed by atoms with Crippen molar-refractivity contribution in [2.45, 2.75) is 0 Å². The highest BCUT2D eigenvalue weighted by molar-refractivity contribution is 6.31. The van der Waals surface area contributed by atoms with E-state index in [-0.39, 0.29) is 0 Å². The highest BCUT2D eigenvalue weighted by Crippen LogP contribution is 2.15. The number of nitrogens with zero attached hydrogens (tertiary/aromatic N) is 1. The Balaban J connectivity index is 2.89. The van der Waals surface area contributed by atoms with Gasteiger partial charge in [0.15, 0.2) is 5.15 Å². The Bertz CT molecular complexity index is 297. The quantitative estimate of drug-likeness (QED) is 0.592. The van der Waals surface area contributed by atoms with Crippen molar-refractivity contribution in [3.05, 3.63) is 29.1 Å². The summed E-state index contributed by atoms with van der Waals surface area (Å²) in [5, 5.41) is 0.326. The van der Waals surface area contributed by atoms with Crippen LogP contribution in [-0.4, -0.2) is 10.9 Å². The Hall–Kier alpha value is -0.730. The normalized spacial score (nSPS) is 10.8. The lowest BCUT2D eigenvalue weighted by molar-refractivity contribution is 1.30. The second-order valence-corrected chi connectivity index (χ2v) is 2.84. The summed E-state index contributed by atoms with van der Waals surface area (Å²) in [5.41, 5.74) is 6.72. The van der Waals surface area contributed by atoms with E-state index >= 15 is 0 Å². The molecule has 0 aliphatic rings. The molecule has 0 spiro atoms. The number of alkyl halides is 1. The second kappa shape index (κ2) is 4.33. The Morgan fingerprint density at radius 1 is 1.50 bits per heavy atom. The van der Waals surface area contributed by atoms with Gasteiger partial charge < -0.3 is 5.73 Å². The average molecular weight is 203 g/mol. The molecule has 0 bridgehead atoms. The number of aromatic nitrogens is 1. The maximum atomic E-state index is 5.69. The number of rotatable bonds is 2. The van der Waals surface area contributed by atoms with Gasteiger partial charge in [0.2, 0.25) is 0 Å². The summed E-state index contributed by atoms with van der Waals surface area (Å²) in [6.45, 7) is 0. The first-order chi connectivity index (χ1) is 5.74. The van der Waals surface area contributed by atoms with Crippen LogP contribution in [0.2, 0.25) is 5.15 Å². The van der Waals surface area contributed by atoms with Gasteiger partial charge in [-0.2, -0.15) is 0 Å². The molecule has 0 aliphatic carbocycles. The topological polar surface area (TPSA) is 38.9 Å². The number of allylic oxidation sites excluding steroid dienone is 1. The molecule has 0 atom stereocenters. The van der Waals surface area contributed by atoms with E-state index in [0.29, 0.717) is 16.7 Å². The molecule has 0 aromatic carbocycles. The summed E-state index contributed by atoms with van der Waals surface area (Å²) < 4.78 is 0. The molecule has 1 aromatic heterocycles. The van der Waals surface area contributed by atoms with Crippen LogP contribution in [0.4, 0.5) is 5.69 Å². The summed E-state index contributed by atoms with van der Waals surface area (Å²) in [6.07, 6.45) is 3.58. The van der Waals surface area contributed by atoms with Gasteiger partial charge in [0.1, 0.15) is 0 Å². The minimum Gasteiger partial charge on any atom is -0.396 e. The van der Waals surface area contributed by atoms with Crippen LogP contribution in [0.25, 0.3) is 6.08 Å². The van der Waals surface area contributed by atoms with Crippen molar-refractivity contribution < 1.29 is 0 Å². The average Bonchev–Trinajstić information content (AvgIpc) is 2.07. The SMILES string of the molecule is Nc1ccc(C=CCCl)nc1Cl. The van der Waals surface area contributed by atoms with Crippen molar-refractivity contribution in [3.63, 3.8) is 0 Å². The van der Waals surface area contributed by atoms with Crippen LogP contribution in [0.5, 0.6) is 0 Å². The fourth-order valence-electron chi connectivity index (χ4n) is 0.717. The third kappa shape index (κ3) is 2.40. The molecule has 0 saturated carbocycles. The van der Waals surface area contributed by atoms with E-state index in [0.717, 1.165) is 5.69 Å². The predicted molar refractivity (Wildman–Crippen MR) is 53.4 cm³/mol. The molecule has 0 unspecified atom stereocenters. The number of pyridine rings is 1. The van der Waals surface area contributed by atoms with Crippen molar-refractivity contribution in [2.24, 2.45) is 0 Å². The van der Waals surface area contributed by atoms with E-state index in [1.165, 1.54) is 0 Å². The lowest BCUT2D eigenvalue weighted by Crippen LogP contribution is -1.90. The lowest BCUT2D eigenvalue weighted by Gasteiger charge is -1.97. The van der Waals surface area contributed by atoms with E-state index in [2.05, 4.69) is 4.98 Å². The predicted octanol–water partition coefficient (Wildman–Crippen LogP) is 2.57. The smallest absolute Gasteiger partial charge is 0.152 e. The first kappa shape index (κ1) is 9.36. The van der Waals surface area contributed by atoms with Crippen LogP contribution in [0.15, 0.2) is 18.2 Å². The van der Waals surface area contributed by atoms with Crippen LogP contribution in [0.1, 0.15) is 5.69 Å². The minimum absolute atomic E-state index is 0.326. The molecular formula is C8H8Cl2N2. The third-order valence-corrected chi connectivity index (χ3v) is 1.76. The van der Waals surface area contributed by atoms with Crippen LogP contribution in [0.3, 0.4) is 0 Å². The molecule has 0 fully saturated rings. The molecule has 2 nitrogen and oxygen atoms in total. The highest BCUT2D eigenvalue weighted by atomic mass is 35.5. The van der Waals surface area contributed by atoms with E-state index in [1.54, 1.807) is 24.3 Å². The standard InChI is InChI=1S/C8H8Cl2N2/c9-5-1-2-6-3-4-7(11)8(10)12-6/h1-4H,5,11H2. The van der Waals surface area contributed by atoms with Crippen molar-refractivity contribution in [1.82, 2.24) is 4.98 Å². The van der Waals surface area contributed by atoms with Crippen molar-refractivity contribution in [1.29, 1.82) is 0 Å². The maximum absolute atomic E-state index is 5.69. The number of nitrogen functional groups attached to an aromatic ring is 1. The van der Waals surface area contributed by atoms with E-state index in [4.69, 9.17) is 28.9 Å². The van der Waals surface area contributed by atoms with Crippen LogP contribution in [0, 0.1) is 0 Å². The van der Waals surface area contributed by atoms with E-state index in [1.807, 2.05) is 0 Å². The van der Waals surface area contributed by atoms with E-state index < -0.39 is 0 Å². The van der Waals surface area contributed by atoms with Gasteiger partial charge in [-0.3, -0.25) is 0 Å². The van der Waals surface area contributed by atoms with Gasteiger partial charge in [-0.05, 0) is 18.2 Å². The largest absolute Gasteiger partial charge is 0.396 e. The molecule has 1 heterocycles. The van der Waals surface area contributed by atoms with Gasteiger partial charge in [-0.1, -0.05) is 17.7 Å². The number of anilines is 1. The zero-order valence-electron chi connectivity index (χ0n) is 6.30. The van der Waals surface area contributed by atoms with Crippen molar-refractivity contribution in [2.75, 3.05) is 11.6 Å².